The van der Waals surface area contributed by atoms with Crippen molar-refractivity contribution in [3.8, 4) is 27.3 Å². The molecule has 2 aromatic carbocycles. The molecule has 2 amide bonds. The van der Waals surface area contributed by atoms with Gasteiger partial charge in [0, 0.05) is 46.6 Å². The summed E-state index contributed by atoms with van der Waals surface area (Å²) in [5.74, 6) is -1.80. The Kier molecular flexibility index (Phi) is 8.58. The van der Waals surface area contributed by atoms with Crippen LogP contribution >= 0.6 is 22.9 Å². The lowest BCUT2D eigenvalue weighted by atomic mass is 9.93. The lowest BCUT2D eigenvalue weighted by Crippen LogP contribution is -2.25. The highest BCUT2D eigenvalue weighted by Crippen LogP contribution is 2.43. The van der Waals surface area contributed by atoms with Gasteiger partial charge in [-0.25, -0.2) is 9.78 Å². The second-order valence-corrected chi connectivity index (χ2v) is 11.2. The van der Waals surface area contributed by atoms with Gasteiger partial charge in [-0.15, -0.1) is 11.3 Å². The monoisotopic (exact) mass is 604 g/mol. The number of carboxylic acid groups (broad SMARTS) is 1. The minimum atomic E-state index is -1.34. The summed E-state index contributed by atoms with van der Waals surface area (Å²) in [6, 6.07) is 11.9. The number of aromatic carboxylic acids is 1. The number of pyridine rings is 1. The number of nitrogens with zero attached hydrogens (tertiary/aromatic N) is 1. The van der Waals surface area contributed by atoms with E-state index in [0.29, 0.717) is 54.6 Å². The molecule has 0 saturated carbocycles. The molecule has 0 unspecified atom stereocenters. The van der Waals surface area contributed by atoms with Crippen molar-refractivity contribution in [2.45, 2.75) is 33.2 Å². The third-order valence-electron chi connectivity index (χ3n) is 6.96. The number of hydrogen-bond acceptors (Lipinski definition) is 7. The molecule has 0 bridgehead atoms. The van der Waals surface area contributed by atoms with Gasteiger partial charge in [0.15, 0.2) is 5.69 Å². The van der Waals surface area contributed by atoms with Gasteiger partial charge in [-0.2, -0.15) is 0 Å². The zero-order valence-corrected chi connectivity index (χ0v) is 24.6. The molecule has 0 fully saturated rings. The molecule has 0 spiro atoms. The van der Waals surface area contributed by atoms with Crippen LogP contribution in [0.4, 0.5) is 5.69 Å². The number of fused-ring (bicyclic) bond motifs is 3. The number of aromatic nitrogens is 1. The molecule has 2 aromatic heterocycles. The second-order valence-electron chi connectivity index (χ2n) is 9.85. The number of hydrogen-bond donors (Lipinski definition) is 4. The van der Waals surface area contributed by atoms with E-state index in [0.717, 1.165) is 27.1 Å². The first-order valence-corrected chi connectivity index (χ1v) is 14.7. The average Bonchev–Trinajstić information content (AvgIpc) is 3.38. The normalized spacial score (nSPS) is 12.0. The van der Waals surface area contributed by atoms with Crippen molar-refractivity contribution in [1.82, 2.24) is 10.3 Å². The lowest BCUT2D eigenvalue weighted by Gasteiger charge is -2.18. The second kappa shape index (κ2) is 12.3. The van der Waals surface area contributed by atoms with E-state index in [9.17, 15) is 19.5 Å². The number of benzene rings is 2. The molecule has 0 aliphatic carbocycles. The summed E-state index contributed by atoms with van der Waals surface area (Å²) in [7, 11) is 0. The van der Waals surface area contributed by atoms with Gasteiger partial charge in [-0.1, -0.05) is 24.6 Å². The first-order chi connectivity index (χ1) is 20.2. The summed E-state index contributed by atoms with van der Waals surface area (Å²) in [5.41, 5.74) is 9.85. The van der Waals surface area contributed by atoms with Crippen LogP contribution in [0, 0.1) is 6.92 Å². The molecule has 216 valence electrons. The lowest BCUT2D eigenvalue weighted by molar-refractivity contribution is 0.0691. The van der Waals surface area contributed by atoms with Crippen molar-refractivity contribution in [1.29, 1.82) is 0 Å². The Morgan fingerprint density at radius 1 is 1.10 bits per heavy atom. The largest absolute Gasteiger partial charge is 0.493 e. The van der Waals surface area contributed by atoms with Gasteiger partial charge in [0.05, 0.1) is 17.3 Å². The standard InChI is InChI=1S/C31H29ClN4O5S/c1-3-8-34-30(38)24-5-4-19(27(35-24)31(39)40)20-14-25-22(28-18(6-9-41-25)7-10-42-28)13-21(20)29(37)36-26-16(2)11-17(15-33)12-23(26)32/h4-5,7,10-14H,3,6,8-9,15,33H2,1-2H3,(H,34,38)(H,36,37)(H,39,40). The smallest absolute Gasteiger partial charge is 0.355 e. The molecule has 11 heteroatoms. The first-order valence-electron chi connectivity index (χ1n) is 13.4. The predicted octanol–water partition coefficient (Wildman–Crippen LogP) is 5.92. The van der Waals surface area contributed by atoms with Gasteiger partial charge < -0.3 is 26.2 Å². The van der Waals surface area contributed by atoms with E-state index in [1.54, 1.807) is 29.5 Å². The molecule has 0 atom stereocenters. The van der Waals surface area contributed by atoms with E-state index in [2.05, 4.69) is 15.6 Å². The molecular formula is C31H29ClN4O5S. The molecule has 3 heterocycles. The van der Waals surface area contributed by atoms with Gasteiger partial charge in [-0.05, 0) is 71.8 Å². The molecule has 0 saturated heterocycles. The number of thiophene rings is 1. The Bertz CT molecular complexity index is 1690. The number of aryl methyl sites for hydroxylation is 1. The number of amides is 2. The molecular weight excluding hydrogens is 576 g/mol. The number of nitrogens with one attached hydrogen (secondary N) is 2. The molecule has 0 radical (unpaired) electrons. The maximum atomic E-state index is 14.0. The van der Waals surface area contributed by atoms with E-state index in [4.69, 9.17) is 22.1 Å². The number of anilines is 1. The molecule has 5 rings (SSSR count). The average molecular weight is 605 g/mol. The van der Waals surface area contributed by atoms with Gasteiger partial charge in [-0.3, -0.25) is 9.59 Å². The van der Waals surface area contributed by atoms with Crippen LogP contribution in [0.5, 0.6) is 5.75 Å². The van der Waals surface area contributed by atoms with E-state index in [-0.39, 0.29) is 22.5 Å². The summed E-state index contributed by atoms with van der Waals surface area (Å²) in [5, 5.41) is 18.1. The maximum Gasteiger partial charge on any atom is 0.355 e. The summed E-state index contributed by atoms with van der Waals surface area (Å²) < 4.78 is 6.08. The Balaban J connectivity index is 1.68. The van der Waals surface area contributed by atoms with Crippen molar-refractivity contribution < 1.29 is 24.2 Å². The quantitative estimate of drug-likeness (QED) is 0.195. The fourth-order valence-corrected chi connectivity index (χ4v) is 6.21. The van der Waals surface area contributed by atoms with E-state index in [1.807, 2.05) is 31.4 Å². The summed E-state index contributed by atoms with van der Waals surface area (Å²) >= 11 is 8.07. The third kappa shape index (κ3) is 5.74. The van der Waals surface area contributed by atoms with Crippen LogP contribution in [0.2, 0.25) is 5.02 Å². The van der Waals surface area contributed by atoms with Crippen molar-refractivity contribution in [3.05, 3.63) is 86.5 Å². The van der Waals surface area contributed by atoms with Crippen LogP contribution in [-0.4, -0.2) is 41.0 Å². The highest BCUT2D eigenvalue weighted by Gasteiger charge is 2.27. The van der Waals surface area contributed by atoms with Crippen molar-refractivity contribution >= 4 is 46.4 Å². The van der Waals surface area contributed by atoms with E-state index in [1.165, 1.54) is 12.1 Å². The molecule has 1 aliphatic rings. The number of rotatable bonds is 8. The predicted molar refractivity (Wildman–Crippen MR) is 164 cm³/mol. The SMILES string of the molecule is CCCNC(=O)c1ccc(-c2cc3c(cc2C(=O)Nc2c(C)cc(CN)cc2Cl)-c2sccc2CCO3)c(C(=O)O)n1. The fourth-order valence-electron chi connectivity index (χ4n) is 4.89. The van der Waals surface area contributed by atoms with Gasteiger partial charge in [0.1, 0.15) is 11.4 Å². The third-order valence-corrected chi connectivity index (χ3v) is 8.25. The summed E-state index contributed by atoms with van der Waals surface area (Å²) in [6.07, 6.45) is 1.41. The van der Waals surface area contributed by atoms with Crippen LogP contribution in [0.1, 0.15) is 61.4 Å². The van der Waals surface area contributed by atoms with Gasteiger partial charge >= 0.3 is 5.97 Å². The zero-order valence-electron chi connectivity index (χ0n) is 23.0. The maximum absolute atomic E-state index is 14.0. The Morgan fingerprint density at radius 2 is 1.90 bits per heavy atom. The van der Waals surface area contributed by atoms with Gasteiger partial charge in [0.2, 0.25) is 0 Å². The molecule has 42 heavy (non-hydrogen) atoms. The first kappa shape index (κ1) is 29.2. The Hall–Kier alpha value is -4.25. The number of carbonyl (C=O) groups is 3. The van der Waals surface area contributed by atoms with Gasteiger partial charge in [0.25, 0.3) is 11.8 Å². The number of ether oxygens (including phenoxy) is 1. The van der Waals surface area contributed by atoms with Crippen LogP contribution in [0.3, 0.4) is 0 Å². The molecule has 4 aromatic rings. The minimum absolute atomic E-state index is 0.0350. The van der Waals surface area contributed by atoms with Crippen LogP contribution in [-0.2, 0) is 13.0 Å². The van der Waals surface area contributed by atoms with Crippen molar-refractivity contribution in [2.75, 3.05) is 18.5 Å². The van der Waals surface area contributed by atoms with Crippen LogP contribution in [0.15, 0.2) is 47.8 Å². The van der Waals surface area contributed by atoms with E-state index >= 15 is 0 Å². The van der Waals surface area contributed by atoms with Crippen molar-refractivity contribution in [2.24, 2.45) is 5.73 Å². The Labute approximate surface area is 251 Å². The summed E-state index contributed by atoms with van der Waals surface area (Å²) in [4.78, 5) is 44.1. The number of nitrogens with two attached hydrogens (primary N) is 1. The summed E-state index contributed by atoms with van der Waals surface area (Å²) in [6.45, 7) is 4.87. The highest BCUT2D eigenvalue weighted by molar-refractivity contribution is 7.13. The topological polar surface area (TPSA) is 144 Å². The highest BCUT2D eigenvalue weighted by atomic mass is 35.5. The van der Waals surface area contributed by atoms with E-state index < -0.39 is 17.8 Å². The van der Waals surface area contributed by atoms with Crippen LogP contribution < -0.4 is 21.1 Å². The number of carbonyl (C=O) groups excluding carboxylic acids is 2. The fraction of sp³-hybridized carbons (Fsp3) is 0.226. The minimum Gasteiger partial charge on any atom is -0.493 e. The zero-order chi connectivity index (χ0) is 30.0. The Morgan fingerprint density at radius 3 is 2.62 bits per heavy atom. The molecule has 9 nitrogen and oxygen atoms in total. The number of halogens is 1. The van der Waals surface area contributed by atoms with Crippen molar-refractivity contribution in [3.63, 3.8) is 0 Å². The number of carboxylic acids is 1. The molecule has 5 N–H and O–H groups in total. The molecule has 1 aliphatic heterocycles. The van der Waals surface area contributed by atoms with Crippen LogP contribution in [0.25, 0.3) is 21.6 Å².